The number of rotatable bonds is 5. The minimum Gasteiger partial charge on any atom is -0.491 e. The molecule has 0 bridgehead atoms. The van der Waals surface area contributed by atoms with Crippen molar-refractivity contribution in [3.8, 4) is 5.75 Å². The van der Waals surface area contributed by atoms with Gasteiger partial charge in [-0.3, -0.25) is 0 Å². The maximum absolute atomic E-state index is 6.08. The van der Waals surface area contributed by atoms with E-state index >= 15 is 0 Å². The molecule has 2 aromatic carbocycles. The summed E-state index contributed by atoms with van der Waals surface area (Å²) in [6, 6.07) is 12.0. The van der Waals surface area contributed by atoms with E-state index in [1.807, 2.05) is 24.3 Å². The van der Waals surface area contributed by atoms with E-state index in [2.05, 4.69) is 38.2 Å². The fourth-order valence-electron chi connectivity index (χ4n) is 2.10. The molecule has 0 fully saturated rings. The van der Waals surface area contributed by atoms with Crippen LogP contribution in [0, 0.1) is 20.8 Å². The van der Waals surface area contributed by atoms with Crippen molar-refractivity contribution in [1.29, 1.82) is 0 Å². The first-order valence-corrected chi connectivity index (χ1v) is 7.15. The monoisotopic (exact) mass is 289 g/mol. The maximum atomic E-state index is 6.08. The van der Waals surface area contributed by atoms with Crippen molar-refractivity contribution >= 4 is 17.3 Å². The van der Waals surface area contributed by atoms with Gasteiger partial charge in [0.1, 0.15) is 12.4 Å². The number of benzene rings is 2. The van der Waals surface area contributed by atoms with Crippen molar-refractivity contribution in [3.05, 3.63) is 58.1 Å². The van der Waals surface area contributed by atoms with Crippen LogP contribution in [-0.4, -0.2) is 13.2 Å². The minimum atomic E-state index is 0.606. The molecule has 0 amide bonds. The predicted octanol–water partition coefficient (Wildman–Crippen LogP) is 4.76. The molecule has 0 aromatic heterocycles. The molecule has 1 N–H and O–H groups in total. The second kappa shape index (κ2) is 6.67. The molecule has 0 radical (unpaired) electrons. The fourth-order valence-corrected chi connectivity index (χ4v) is 2.30. The lowest BCUT2D eigenvalue weighted by molar-refractivity contribution is 0.330. The fraction of sp³-hybridized carbons (Fsp3) is 0.294. The highest BCUT2D eigenvalue weighted by atomic mass is 35.5. The summed E-state index contributed by atoms with van der Waals surface area (Å²) in [4.78, 5) is 0. The van der Waals surface area contributed by atoms with Crippen LogP contribution in [0.3, 0.4) is 0 Å². The quantitative estimate of drug-likeness (QED) is 0.802. The molecular formula is C17H20ClNO. The van der Waals surface area contributed by atoms with Crippen LogP contribution in [0.25, 0.3) is 0 Å². The summed E-state index contributed by atoms with van der Waals surface area (Å²) in [5, 5.41) is 4.01. The number of aryl methyl sites for hydroxylation is 2. The summed E-state index contributed by atoms with van der Waals surface area (Å²) in [7, 11) is 0. The number of hydrogen-bond donors (Lipinski definition) is 1. The summed E-state index contributed by atoms with van der Waals surface area (Å²) >= 11 is 6.08. The standard InChI is InChI=1S/C17H20ClNO/c1-12-10-13(2)14(3)17(11-12)20-9-8-19-16-7-5-4-6-15(16)18/h4-7,10-11,19H,8-9H2,1-3H3. The van der Waals surface area contributed by atoms with E-state index in [0.717, 1.165) is 23.0 Å². The highest BCUT2D eigenvalue weighted by molar-refractivity contribution is 6.33. The lowest BCUT2D eigenvalue weighted by Crippen LogP contribution is -2.12. The van der Waals surface area contributed by atoms with Gasteiger partial charge in [0.2, 0.25) is 0 Å². The maximum Gasteiger partial charge on any atom is 0.122 e. The first kappa shape index (κ1) is 14.7. The normalized spacial score (nSPS) is 10.4. The third-order valence-electron chi connectivity index (χ3n) is 3.31. The van der Waals surface area contributed by atoms with Gasteiger partial charge in [-0.15, -0.1) is 0 Å². The number of para-hydroxylation sites is 1. The molecule has 0 heterocycles. The molecule has 2 rings (SSSR count). The van der Waals surface area contributed by atoms with Gasteiger partial charge < -0.3 is 10.1 Å². The molecule has 0 spiro atoms. The van der Waals surface area contributed by atoms with Gasteiger partial charge in [-0.1, -0.05) is 29.8 Å². The SMILES string of the molecule is Cc1cc(C)c(C)c(OCCNc2ccccc2Cl)c1. The van der Waals surface area contributed by atoms with Crippen LogP contribution in [-0.2, 0) is 0 Å². The topological polar surface area (TPSA) is 21.3 Å². The average Bonchev–Trinajstić information content (AvgIpc) is 2.41. The van der Waals surface area contributed by atoms with Gasteiger partial charge in [-0.25, -0.2) is 0 Å². The second-order valence-corrected chi connectivity index (χ2v) is 5.37. The van der Waals surface area contributed by atoms with Crippen molar-refractivity contribution in [2.45, 2.75) is 20.8 Å². The molecular weight excluding hydrogens is 270 g/mol. The summed E-state index contributed by atoms with van der Waals surface area (Å²) < 4.78 is 5.85. The van der Waals surface area contributed by atoms with E-state index in [0.29, 0.717) is 6.61 Å². The summed E-state index contributed by atoms with van der Waals surface area (Å²) in [5.41, 5.74) is 4.63. The largest absolute Gasteiger partial charge is 0.491 e. The van der Waals surface area contributed by atoms with E-state index in [-0.39, 0.29) is 0 Å². The van der Waals surface area contributed by atoms with Crippen LogP contribution >= 0.6 is 11.6 Å². The molecule has 2 nitrogen and oxygen atoms in total. The number of nitrogens with one attached hydrogen (secondary N) is 1. The number of ether oxygens (including phenoxy) is 1. The van der Waals surface area contributed by atoms with Crippen LogP contribution in [0.5, 0.6) is 5.75 Å². The highest BCUT2D eigenvalue weighted by Crippen LogP contribution is 2.23. The third-order valence-corrected chi connectivity index (χ3v) is 3.64. The Bertz CT molecular complexity index is 596. The molecule has 0 saturated heterocycles. The molecule has 0 saturated carbocycles. The Balaban J connectivity index is 1.89. The van der Waals surface area contributed by atoms with Crippen LogP contribution in [0.2, 0.25) is 5.02 Å². The van der Waals surface area contributed by atoms with E-state index in [1.165, 1.54) is 16.7 Å². The zero-order valence-corrected chi connectivity index (χ0v) is 12.9. The van der Waals surface area contributed by atoms with Crippen molar-refractivity contribution < 1.29 is 4.74 Å². The van der Waals surface area contributed by atoms with Gasteiger partial charge in [0, 0.05) is 6.54 Å². The van der Waals surface area contributed by atoms with Gasteiger partial charge in [-0.2, -0.15) is 0 Å². The summed E-state index contributed by atoms with van der Waals surface area (Å²) in [6.07, 6.45) is 0. The molecule has 0 unspecified atom stereocenters. The van der Waals surface area contributed by atoms with Crippen molar-refractivity contribution in [1.82, 2.24) is 0 Å². The zero-order chi connectivity index (χ0) is 14.5. The Kier molecular flexibility index (Phi) is 4.91. The number of halogens is 1. The summed E-state index contributed by atoms with van der Waals surface area (Å²) in [5.74, 6) is 0.962. The molecule has 0 aliphatic carbocycles. The zero-order valence-electron chi connectivity index (χ0n) is 12.2. The Morgan fingerprint density at radius 3 is 2.60 bits per heavy atom. The van der Waals surface area contributed by atoms with Gasteiger partial charge in [0.15, 0.2) is 0 Å². The van der Waals surface area contributed by atoms with E-state index in [1.54, 1.807) is 0 Å². The Morgan fingerprint density at radius 2 is 1.85 bits per heavy atom. The van der Waals surface area contributed by atoms with Gasteiger partial charge in [-0.05, 0) is 55.7 Å². The van der Waals surface area contributed by atoms with Crippen LogP contribution < -0.4 is 10.1 Å². The molecule has 106 valence electrons. The number of anilines is 1. The number of hydrogen-bond acceptors (Lipinski definition) is 2. The van der Waals surface area contributed by atoms with Crippen molar-refractivity contribution in [2.75, 3.05) is 18.5 Å². The predicted molar refractivity (Wildman–Crippen MR) is 86.1 cm³/mol. The molecule has 0 aliphatic rings. The molecule has 20 heavy (non-hydrogen) atoms. The van der Waals surface area contributed by atoms with Crippen LogP contribution in [0.15, 0.2) is 36.4 Å². The first-order chi connectivity index (χ1) is 9.58. The van der Waals surface area contributed by atoms with Crippen LogP contribution in [0.1, 0.15) is 16.7 Å². The second-order valence-electron chi connectivity index (χ2n) is 4.96. The van der Waals surface area contributed by atoms with Crippen molar-refractivity contribution in [2.24, 2.45) is 0 Å². The average molecular weight is 290 g/mol. The Morgan fingerprint density at radius 1 is 1.10 bits per heavy atom. The van der Waals surface area contributed by atoms with Gasteiger partial charge >= 0.3 is 0 Å². The lowest BCUT2D eigenvalue weighted by atomic mass is 10.1. The highest BCUT2D eigenvalue weighted by Gasteiger charge is 2.04. The molecule has 3 heteroatoms. The Hall–Kier alpha value is -1.67. The van der Waals surface area contributed by atoms with Gasteiger partial charge in [0.05, 0.1) is 10.7 Å². The lowest BCUT2D eigenvalue weighted by Gasteiger charge is -2.13. The molecule has 0 aliphatic heterocycles. The van der Waals surface area contributed by atoms with E-state index in [4.69, 9.17) is 16.3 Å². The van der Waals surface area contributed by atoms with Gasteiger partial charge in [0.25, 0.3) is 0 Å². The minimum absolute atomic E-state index is 0.606. The third kappa shape index (κ3) is 3.67. The van der Waals surface area contributed by atoms with Crippen LogP contribution in [0.4, 0.5) is 5.69 Å². The Labute approximate surface area is 125 Å². The van der Waals surface area contributed by atoms with Crippen molar-refractivity contribution in [3.63, 3.8) is 0 Å². The van der Waals surface area contributed by atoms with E-state index in [9.17, 15) is 0 Å². The summed E-state index contributed by atoms with van der Waals surface area (Å²) in [6.45, 7) is 7.61. The molecule has 0 atom stereocenters. The first-order valence-electron chi connectivity index (χ1n) is 6.77. The van der Waals surface area contributed by atoms with E-state index < -0.39 is 0 Å². The molecule has 2 aromatic rings. The smallest absolute Gasteiger partial charge is 0.122 e.